The van der Waals surface area contributed by atoms with Crippen LogP contribution in [0.25, 0.3) is 0 Å². The van der Waals surface area contributed by atoms with Gasteiger partial charge in [0.25, 0.3) is 0 Å². The molecule has 0 radical (unpaired) electrons. The first-order chi connectivity index (χ1) is 7.58. The third-order valence-corrected chi connectivity index (χ3v) is 2.84. The molecule has 0 aromatic rings. The molecule has 0 aromatic carbocycles. The maximum Gasteiger partial charge on any atom is 0.311 e. The average molecular weight is 262 g/mol. The van der Waals surface area contributed by atoms with Crippen molar-refractivity contribution in [2.75, 3.05) is 6.61 Å². The van der Waals surface area contributed by atoms with Gasteiger partial charge in [0.1, 0.15) is 4.93 Å². The Morgan fingerprint density at radius 3 is 2.35 bits per heavy atom. The van der Waals surface area contributed by atoms with Crippen molar-refractivity contribution < 1.29 is 14.6 Å². The smallest absolute Gasteiger partial charge is 0.311 e. The summed E-state index contributed by atoms with van der Waals surface area (Å²) >= 11 is 4.04. The van der Waals surface area contributed by atoms with E-state index in [9.17, 15) is 9.90 Å². The van der Waals surface area contributed by atoms with E-state index in [4.69, 9.17) is 4.74 Å². The van der Waals surface area contributed by atoms with Crippen molar-refractivity contribution in [1.82, 2.24) is 0 Å². The predicted molar refractivity (Wildman–Crippen MR) is 73.0 cm³/mol. The van der Waals surface area contributed by atoms with Crippen LogP contribution in [0, 0.1) is 11.3 Å². The maximum absolute atomic E-state index is 11.8. The predicted octanol–water partition coefficient (Wildman–Crippen LogP) is 3.02. The van der Waals surface area contributed by atoms with Gasteiger partial charge in [0, 0.05) is 0 Å². The fraction of sp³-hybridized carbons (Fsp3) is 0.923. The fourth-order valence-electron chi connectivity index (χ4n) is 1.86. The summed E-state index contributed by atoms with van der Waals surface area (Å²) in [6.07, 6.45) is 2.28. The Morgan fingerprint density at radius 2 is 1.94 bits per heavy atom. The number of carbonyl (C=O) groups excluding carboxylic acids is 1. The summed E-state index contributed by atoms with van der Waals surface area (Å²) in [6, 6.07) is 0. The van der Waals surface area contributed by atoms with Crippen molar-refractivity contribution in [2.45, 2.75) is 58.8 Å². The topological polar surface area (TPSA) is 46.5 Å². The summed E-state index contributed by atoms with van der Waals surface area (Å²) in [5.41, 5.74) is -0.419. The third kappa shape index (κ3) is 7.66. The quantitative estimate of drug-likeness (QED) is 0.421. The van der Waals surface area contributed by atoms with Gasteiger partial charge in [0.15, 0.2) is 0 Å². The highest BCUT2D eigenvalue weighted by Gasteiger charge is 2.29. The summed E-state index contributed by atoms with van der Waals surface area (Å²) in [5, 5.41) is 9.52. The standard InChI is InChI=1S/C13H26O3S/c1-6-7-12(3,4)11(14)16-9-10(2)8-13(5,15)17/h10,15,17H,6-9H2,1-5H3. The second-order valence-corrected chi connectivity index (χ2v) is 6.72. The van der Waals surface area contributed by atoms with Gasteiger partial charge < -0.3 is 9.84 Å². The van der Waals surface area contributed by atoms with Crippen LogP contribution in [-0.4, -0.2) is 22.6 Å². The molecule has 17 heavy (non-hydrogen) atoms. The molecule has 0 heterocycles. The molecule has 0 aliphatic heterocycles. The van der Waals surface area contributed by atoms with E-state index in [0.717, 1.165) is 12.8 Å². The van der Waals surface area contributed by atoms with Crippen molar-refractivity contribution in [3.63, 3.8) is 0 Å². The Morgan fingerprint density at radius 1 is 1.41 bits per heavy atom. The van der Waals surface area contributed by atoms with E-state index in [0.29, 0.717) is 13.0 Å². The van der Waals surface area contributed by atoms with Gasteiger partial charge in [-0.05, 0) is 39.5 Å². The van der Waals surface area contributed by atoms with Crippen LogP contribution in [-0.2, 0) is 9.53 Å². The van der Waals surface area contributed by atoms with E-state index >= 15 is 0 Å². The first-order valence-electron chi connectivity index (χ1n) is 6.20. The lowest BCUT2D eigenvalue weighted by molar-refractivity contribution is -0.156. The lowest BCUT2D eigenvalue weighted by Crippen LogP contribution is -2.29. The monoisotopic (exact) mass is 262 g/mol. The minimum atomic E-state index is -1.01. The zero-order valence-electron chi connectivity index (χ0n) is 11.6. The van der Waals surface area contributed by atoms with E-state index in [1.807, 2.05) is 20.8 Å². The molecule has 0 aromatic heterocycles. The Balaban J connectivity index is 4.08. The van der Waals surface area contributed by atoms with Gasteiger partial charge in [-0.1, -0.05) is 20.3 Å². The normalized spacial score (nSPS) is 17.4. The summed E-state index contributed by atoms with van der Waals surface area (Å²) < 4.78 is 5.28. The van der Waals surface area contributed by atoms with E-state index < -0.39 is 10.3 Å². The van der Waals surface area contributed by atoms with Crippen LogP contribution >= 0.6 is 12.6 Å². The Bertz CT molecular complexity index is 244. The van der Waals surface area contributed by atoms with Gasteiger partial charge in [-0.3, -0.25) is 4.79 Å². The molecule has 0 fully saturated rings. The van der Waals surface area contributed by atoms with E-state index in [-0.39, 0.29) is 11.9 Å². The average Bonchev–Trinajstić information content (AvgIpc) is 2.11. The van der Waals surface area contributed by atoms with Crippen LogP contribution in [0.15, 0.2) is 0 Å². The van der Waals surface area contributed by atoms with Crippen molar-refractivity contribution in [1.29, 1.82) is 0 Å². The largest absolute Gasteiger partial charge is 0.465 e. The van der Waals surface area contributed by atoms with Crippen LogP contribution in [0.3, 0.4) is 0 Å². The van der Waals surface area contributed by atoms with Crippen LogP contribution in [0.1, 0.15) is 53.9 Å². The van der Waals surface area contributed by atoms with Crippen molar-refractivity contribution in [3.05, 3.63) is 0 Å². The number of rotatable bonds is 7. The summed E-state index contributed by atoms with van der Waals surface area (Å²) in [7, 11) is 0. The van der Waals surface area contributed by atoms with Gasteiger partial charge in [-0.2, -0.15) is 0 Å². The number of ether oxygens (including phenoxy) is 1. The first kappa shape index (κ1) is 16.8. The SMILES string of the molecule is CCCC(C)(C)C(=O)OCC(C)CC(C)(O)S. The second kappa shape index (κ2) is 6.64. The third-order valence-electron chi connectivity index (χ3n) is 2.66. The molecule has 0 aliphatic carbocycles. The lowest BCUT2D eigenvalue weighted by atomic mass is 9.88. The Labute approximate surface area is 110 Å². The molecule has 3 nitrogen and oxygen atoms in total. The van der Waals surface area contributed by atoms with E-state index in [1.54, 1.807) is 6.92 Å². The molecule has 0 saturated heterocycles. The number of esters is 1. The van der Waals surface area contributed by atoms with Crippen LogP contribution in [0.5, 0.6) is 0 Å². The van der Waals surface area contributed by atoms with Gasteiger partial charge in [0.2, 0.25) is 0 Å². The van der Waals surface area contributed by atoms with E-state index in [1.165, 1.54) is 0 Å². The summed E-state index contributed by atoms with van der Waals surface area (Å²) in [4.78, 5) is 10.8. The molecule has 2 atom stereocenters. The van der Waals surface area contributed by atoms with Crippen molar-refractivity contribution >= 4 is 18.6 Å². The molecule has 0 aliphatic rings. The lowest BCUT2D eigenvalue weighted by Gasteiger charge is -2.25. The Kier molecular flexibility index (Phi) is 6.56. The number of hydrogen-bond acceptors (Lipinski definition) is 4. The van der Waals surface area contributed by atoms with Gasteiger partial charge >= 0.3 is 5.97 Å². The molecule has 4 heteroatoms. The molecule has 1 N–H and O–H groups in total. The highest BCUT2D eigenvalue weighted by Crippen LogP contribution is 2.25. The van der Waals surface area contributed by atoms with Crippen LogP contribution < -0.4 is 0 Å². The number of hydrogen-bond donors (Lipinski definition) is 2. The van der Waals surface area contributed by atoms with Gasteiger partial charge in [-0.25, -0.2) is 0 Å². The molecular weight excluding hydrogens is 236 g/mol. The number of thiol groups is 1. The molecule has 0 bridgehead atoms. The molecule has 0 rings (SSSR count). The molecule has 0 spiro atoms. The first-order valence-corrected chi connectivity index (χ1v) is 6.65. The molecular formula is C13H26O3S. The highest BCUT2D eigenvalue weighted by molar-refractivity contribution is 7.81. The maximum atomic E-state index is 11.8. The van der Waals surface area contributed by atoms with Gasteiger partial charge in [-0.15, -0.1) is 12.6 Å². The number of carbonyl (C=O) groups is 1. The Hall–Kier alpha value is -0.220. The van der Waals surface area contributed by atoms with Crippen LogP contribution in [0.2, 0.25) is 0 Å². The highest BCUT2D eigenvalue weighted by atomic mass is 32.1. The number of aliphatic hydroxyl groups is 1. The van der Waals surface area contributed by atoms with Crippen molar-refractivity contribution in [3.8, 4) is 0 Å². The molecule has 2 unspecified atom stereocenters. The fourth-order valence-corrected chi connectivity index (χ4v) is 2.17. The second-order valence-electron chi connectivity index (χ2n) is 5.76. The van der Waals surface area contributed by atoms with Gasteiger partial charge in [0.05, 0.1) is 12.0 Å². The summed E-state index contributed by atoms with van der Waals surface area (Å²) in [5.74, 6) is -0.0612. The van der Waals surface area contributed by atoms with E-state index in [2.05, 4.69) is 19.6 Å². The zero-order chi connectivity index (χ0) is 13.7. The molecule has 102 valence electrons. The molecule has 0 saturated carbocycles. The minimum absolute atomic E-state index is 0.101. The van der Waals surface area contributed by atoms with Crippen LogP contribution in [0.4, 0.5) is 0 Å². The minimum Gasteiger partial charge on any atom is -0.465 e. The van der Waals surface area contributed by atoms with Crippen molar-refractivity contribution in [2.24, 2.45) is 11.3 Å². The summed E-state index contributed by atoms with van der Waals surface area (Å²) in [6.45, 7) is 9.76. The molecule has 0 amide bonds. The zero-order valence-corrected chi connectivity index (χ0v) is 12.5.